The summed E-state index contributed by atoms with van der Waals surface area (Å²) in [6.07, 6.45) is 3.13. The lowest BCUT2D eigenvalue weighted by atomic mass is 10.0. The highest BCUT2D eigenvalue weighted by molar-refractivity contribution is 5.92. The number of carboxylic acid groups (broad SMARTS) is 2. The number of carbonyl (C=O) groups is 2. The highest BCUT2D eigenvalue weighted by atomic mass is 16.5. The predicted molar refractivity (Wildman–Crippen MR) is 84.7 cm³/mol. The van der Waals surface area contributed by atoms with Crippen molar-refractivity contribution in [3.63, 3.8) is 0 Å². The Kier molecular flexibility index (Phi) is 11.7. The molecule has 0 aliphatic carbocycles. The zero-order valence-electron chi connectivity index (χ0n) is 13.3. The smallest absolute Gasteiger partial charge is 0.317 e. The van der Waals surface area contributed by atoms with E-state index in [1.807, 2.05) is 30.3 Å². The van der Waals surface area contributed by atoms with Crippen molar-refractivity contribution in [2.24, 2.45) is 5.92 Å². The van der Waals surface area contributed by atoms with Gasteiger partial charge in [0, 0.05) is 6.61 Å². The van der Waals surface area contributed by atoms with E-state index in [1.165, 1.54) is 12.8 Å². The van der Waals surface area contributed by atoms with Gasteiger partial charge in [-0.2, -0.15) is 0 Å². The van der Waals surface area contributed by atoms with Crippen LogP contribution in [-0.4, -0.2) is 28.8 Å². The van der Waals surface area contributed by atoms with Gasteiger partial charge in [-0.15, -0.1) is 0 Å². The molecule has 0 heterocycles. The molecule has 124 valence electrons. The van der Waals surface area contributed by atoms with E-state index < -0.39 is 17.9 Å². The second-order valence-electron chi connectivity index (χ2n) is 4.91. The standard InChI is InChI=1S/C13H16O5.C4H10/c14-12(15)11(13(16)17)7-4-8-18-9-10-5-2-1-3-6-10;1-3-4-2/h1-3,5-6,11H,4,7-9H2,(H,14,15)(H,16,17);3-4H2,1-2H3. The van der Waals surface area contributed by atoms with Crippen molar-refractivity contribution >= 4 is 11.9 Å². The quantitative estimate of drug-likeness (QED) is 0.538. The van der Waals surface area contributed by atoms with Crippen molar-refractivity contribution in [1.82, 2.24) is 0 Å². The van der Waals surface area contributed by atoms with Gasteiger partial charge < -0.3 is 14.9 Å². The van der Waals surface area contributed by atoms with Crippen LogP contribution in [0.15, 0.2) is 30.3 Å². The second-order valence-corrected chi connectivity index (χ2v) is 4.91. The Morgan fingerprint density at radius 3 is 2.05 bits per heavy atom. The molecule has 0 saturated carbocycles. The molecular formula is C17H26O5. The van der Waals surface area contributed by atoms with Crippen LogP contribution in [-0.2, 0) is 20.9 Å². The number of ether oxygens (including phenoxy) is 1. The van der Waals surface area contributed by atoms with Crippen molar-refractivity contribution in [2.75, 3.05) is 6.61 Å². The molecule has 2 N–H and O–H groups in total. The van der Waals surface area contributed by atoms with Crippen LogP contribution in [0.25, 0.3) is 0 Å². The highest BCUT2D eigenvalue weighted by Gasteiger charge is 2.24. The van der Waals surface area contributed by atoms with E-state index in [1.54, 1.807) is 0 Å². The molecule has 0 unspecified atom stereocenters. The zero-order valence-corrected chi connectivity index (χ0v) is 13.3. The summed E-state index contributed by atoms with van der Waals surface area (Å²) < 4.78 is 5.34. The lowest BCUT2D eigenvalue weighted by molar-refractivity contribution is -0.154. The maximum atomic E-state index is 10.6. The van der Waals surface area contributed by atoms with Crippen LogP contribution in [0.4, 0.5) is 0 Å². The fourth-order valence-electron chi connectivity index (χ4n) is 1.51. The lowest BCUT2D eigenvalue weighted by Gasteiger charge is -2.07. The van der Waals surface area contributed by atoms with E-state index in [0.29, 0.717) is 19.6 Å². The van der Waals surface area contributed by atoms with Gasteiger partial charge in [-0.1, -0.05) is 57.0 Å². The van der Waals surface area contributed by atoms with Gasteiger partial charge in [-0.3, -0.25) is 9.59 Å². The monoisotopic (exact) mass is 310 g/mol. The van der Waals surface area contributed by atoms with Crippen LogP contribution in [0.3, 0.4) is 0 Å². The molecule has 0 aliphatic rings. The average molecular weight is 310 g/mol. The van der Waals surface area contributed by atoms with Crippen molar-refractivity contribution in [2.45, 2.75) is 46.1 Å². The van der Waals surface area contributed by atoms with E-state index in [9.17, 15) is 9.59 Å². The van der Waals surface area contributed by atoms with Crippen molar-refractivity contribution in [1.29, 1.82) is 0 Å². The minimum Gasteiger partial charge on any atom is -0.481 e. The Bertz CT molecular complexity index is 400. The molecule has 0 atom stereocenters. The Morgan fingerprint density at radius 1 is 1.05 bits per heavy atom. The average Bonchev–Trinajstić information content (AvgIpc) is 2.51. The van der Waals surface area contributed by atoms with E-state index in [2.05, 4.69) is 13.8 Å². The Morgan fingerprint density at radius 2 is 1.59 bits per heavy atom. The summed E-state index contributed by atoms with van der Waals surface area (Å²) in [5, 5.41) is 17.3. The van der Waals surface area contributed by atoms with Gasteiger partial charge in [0.25, 0.3) is 0 Å². The number of carboxylic acids is 2. The molecule has 0 aliphatic heterocycles. The number of unbranched alkanes of at least 4 members (excludes halogenated alkanes) is 1. The molecule has 1 rings (SSSR count). The summed E-state index contributed by atoms with van der Waals surface area (Å²) in [4.78, 5) is 21.2. The summed E-state index contributed by atoms with van der Waals surface area (Å²) in [6.45, 7) is 5.16. The molecule has 1 aromatic rings. The molecule has 0 saturated heterocycles. The first-order valence-electron chi connectivity index (χ1n) is 7.60. The maximum absolute atomic E-state index is 10.6. The molecule has 5 heteroatoms. The van der Waals surface area contributed by atoms with Crippen LogP contribution in [0.5, 0.6) is 0 Å². The van der Waals surface area contributed by atoms with E-state index in [4.69, 9.17) is 14.9 Å². The van der Waals surface area contributed by atoms with Gasteiger partial charge in [-0.05, 0) is 18.4 Å². The molecule has 0 fully saturated rings. The molecule has 0 radical (unpaired) electrons. The van der Waals surface area contributed by atoms with Crippen molar-refractivity contribution in [3.8, 4) is 0 Å². The lowest BCUT2D eigenvalue weighted by Crippen LogP contribution is -2.23. The van der Waals surface area contributed by atoms with Crippen LogP contribution in [0, 0.1) is 5.92 Å². The third-order valence-electron chi connectivity index (χ3n) is 2.99. The first-order chi connectivity index (χ1) is 10.5. The maximum Gasteiger partial charge on any atom is 0.317 e. The summed E-state index contributed by atoms with van der Waals surface area (Å²) >= 11 is 0. The number of aliphatic carboxylic acids is 2. The Hall–Kier alpha value is -1.88. The van der Waals surface area contributed by atoms with Crippen LogP contribution >= 0.6 is 0 Å². The van der Waals surface area contributed by atoms with Gasteiger partial charge in [0.1, 0.15) is 0 Å². The Balaban J connectivity index is 0.000000980. The molecule has 0 amide bonds. The van der Waals surface area contributed by atoms with Gasteiger partial charge in [0.05, 0.1) is 6.61 Å². The fraction of sp³-hybridized carbons (Fsp3) is 0.529. The predicted octanol–water partition coefficient (Wildman–Crippen LogP) is 3.58. The van der Waals surface area contributed by atoms with Crippen molar-refractivity contribution < 1.29 is 24.5 Å². The molecule has 5 nitrogen and oxygen atoms in total. The summed E-state index contributed by atoms with van der Waals surface area (Å²) in [5.74, 6) is -3.94. The number of benzene rings is 1. The summed E-state index contributed by atoms with van der Waals surface area (Å²) in [7, 11) is 0. The largest absolute Gasteiger partial charge is 0.481 e. The summed E-state index contributed by atoms with van der Waals surface area (Å²) in [5.41, 5.74) is 1.03. The molecular weight excluding hydrogens is 284 g/mol. The van der Waals surface area contributed by atoms with Gasteiger partial charge >= 0.3 is 11.9 Å². The molecule has 1 aromatic carbocycles. The first kappa shape index (κ1) is 20.1. The van der Waals surface area contributed by atoms with Crippen LogP contribution < -0.4 is 0 Å². The number of rotatable bonds is 9. The van der Waals surface area contributed by atoms with Crippen LogP contribution in [0.1, 0.15) is 45.1 Å². The van der Waals surface area contributed by atoms with E-state index in [0.717, 1.165) is 5.56 Å². The minimum atomic E-state index is -1.34. The Labute approximate surface area is 131 Å². The number of hydrogen-bond acceptors (Lipinski definition) is 3. The molecule has 0 spiro atoms. The minimum absolute atomic E-state index is 0.0828. The number of hydrogen-bond donors (Lipinski definition) is 2. The van der Waals surface area contributed by atoms with E-state index in [-0.39, 0.29) is 6.42 Å². The van der Waals surface area contributed by atoms with Gasteiger partial charge in [0.2, 0.25) is 0 Å². The summed E-state index contributed by atoms with van der Waals surface area (Å²) in [6, 6.07) is 9.58. The topological polar surface area (TPSA) is 83.8 Å². The highest BCUT2D eigenvalue weighted by Crippen LogP contribution is 2.08. The first-order valence-corrected chi connectivity index (χ1v) is 7.60. The van der Waals surface area contributed by atoms with Gasteiger partial charge in [-0.25, -0.2) is 0 Å². The van der Waals surface area contributed by atoms with Gasteiger partial charge in [0.15, 0.2) is 5.92 Å². The molecule has 0 bridgehead atoms. The third-order valence-corrected chi connectivity index (χ3v) is 2.99. The normalized spacial score (nSPS) is 9.95. The molecule has 0 aromatic heterocycles. The van der Waals surface area contributed by atoms with Crippen LogP contribution in [0.2, 0.25) is 0 Å². The molecule has 22 heavy (non-hydrogen) atoms. The van der Waals surface area contributed by atoms with E-state index >= 15 is 0 Å². The second kappa shape index (κ2) is 12.8. The SMILES string of the molecule is CCCC.O=C(O)C(CCCOCc1ccccc1)C(=O)O. The van der Waals surface area contributed by atoms with Crippen molar-refractivity contribution in [3.05, 3.63) is 35.9 Å². The fourth-order valence-corrected chi connectivity index (χ4v) is 1.51. The third kappa shape index (κ3) is 9.94. The zero-order chi connectivity index (χ0) is 16.8.